The molecule has 0 aliphatic rings. The molecular weight excluding hydrogens is 258 g/mol. The van der Waals surface area contributed by atoms with Crippen LogP contribution in [-0.2, 0) is 13.1 Å². The summed E-state index contributed by atoms with van der Waals surface area (Å²) in [5.74, 6) is 0.589. The fraction of sp³-hybridized carbons (Fsp3) is 0.278. The average molecular weight is 279 g/mol. The van der Waals surface area contributed by atoms with Crippen LogP contribution in [0, 0.1) is 0 Å². The Bertz CT molecular complexity index is 711. The fourth-order valence-corrected chi connectivity index (χ4v) is 2.52. The monoisotopic (exact) mass is 279 g/mol. The third-order valence-corrected chi connectivity index (χ3v) is 3.83. The number of nitrogens with one attached hydrogen (secondary N) is 2. The van der Waals surface area contributed by atoms with Gasteiger partial charge < -0.3 is 10.3 Å². The second-order valence-electron chi connectivity index (χ2n) is 5.71. The molecule has 0 amide bonds. The van der Waals surface area contributed by atoms with Gasteiger partial charge in [-0.15, -0.1) is 0 Å². The normalized spacial score (nSPS) is 11.4. The molecule has 2 heterocycles. The minimum atomic E-state index is 0.589. The molecule has 0 saturated carbocycles. The van der Waals surface area contributed by atoms with Crippen LogP contribution >= 0.6 is 0 Å². The molecule has 3 aromatic rings. The summed E-state index contributed by atoms with van der Waals surface area (Å²) in [5, 5.41) is 4.69. The van der Waals surface area contributed by atoms with Crippen molar-refractivity contribution in [2.75, 3.05) is 0 Å². The first-order chi connectivity index (χ1) is 10.2. The number of pyridine rings is 1. The zero-order chi connectivity index (χ0) is 14.7. The van der Waals surface area contributed by atoms with Gasteiger partial charge in [0.25, 0.3) is 0 Å². The molecule has 0 aliphatic heterocycles. The van der Waals surface area contributed by atoms with Crippen LogP contribution in [0.15, 0.2) is 48.8 Å². The highest BCUT2D eigenvalue weighted by Crippen LogP contribution is 2.16. The molecule has 0 radical (unpaired) electrons. The maximum Gasteiger partial charge on any atom is 0.137 e. The van der Waals surface area contributed by atoms with Crippen molar-refractivity contribution < 1.29 is 0 Å². The summed E-state index contributed by atoms with van der Waals surface area (Å²) in [6.07, 6.45) is 3.85. The standard InChI is InChI=1S/C18H21N3/c1-13(2)15-7-5-14(6-8-15)10-19-11-16-12-21-18-17(16)4-3-9-20-18/h3-9,12-13,19H,10-11H2,1-2H3,(H,20,21). The van der Waals surface area contributed by atoms with Gasteiger partial charge in [-0.05, 0) is 34.7 Å². The SMILES string of the molecule is CC(C)c1ccc(CNCc2c[nH]c3ncccc23)cc1. The van der Waals surface area contributed by atoms with Crippen LogP contribution in [0.4, 0.5) is 0 Å². The summed E-state index contributed by atoms with van der Waals surface area (Å²) in [4.78, 5) is 7.52. The second-order valence-corrected chi connectivity index (χ2v) is 5.71. The number of benzene rings is 1. The second kappa shape index (κ2) is 6.10. The van der Waals surface area contributed by atoms with Gasteiger partial charge in [0, 0.05) is 30.9 Å². The van der Waals surface area contributed by atoms with E-state index >= 15 is 0 Å². The first-order valence-electron chi connectivity index (χ1n) is 7.44. The van der Waals surface area contributed by atoms with Gasteiger partial charge in [-0.1, -0.05) is 38.1 Å². The topological polar surface area (TPSA) is 40.7 Å². The van der Waals surface area contributed by atoms with E-state index in [1.165, 1.54) is 22.1 Å². The van der Waals surface area contributed by atoms with Gasteiger partial charge in [-0.25, -0.2) is 4.98 Å². The summed E-state index contributed by atoms with van der Waals surface area (Å²) in [7, 11) is 0. The molecule has 0 spiro atoms. The minimum absolute atomic E-state index is 0.589. The molecule has 1 aromatic carbocycles. The lowest BCUT2D eigenvalue weighted by atomic mass is 10.0. The van der Waals surface area contributed by atoms with Crippen molar-refractivity contribution in [3.05, 3.63) is 65.5 Å². The predicted octanol–water partition coefficient (Wildman–Crippen LogP) is 3.98. The van der Waals surface area contributed by atoms with E-state index < -0.39 is 0 Å². The predicted molar refractivity (Wildman–Crippen MR) is 87.2 cm³/mol. The van der Waals surface area contributed by atoms with Gasteiger partial charge in [0.15, 0.2) is 0 Å². The van der Waals surface area contributed by atoms with E-state index in [-0.39, 0.29) is 0 Å². The Morgan fingerprint density at radius 3 is 2.67 bits per heavy atom. The van der Waals surface area contributed by atoms with E-state index in [1.807, 2.05) is 18.5 Å². The molecule has 0 saturated heterocycles. The lowest BCUT2D eigenvalue weighted by Crippen LogP contribution is -2.12. The van der Waals surface area contributed by atoms with Crippen LogP contribution in [0.1, 0.15) is 36.5 Å². The third-order valence-electron chi connectivity index (χ3n) is 3.83. The molecule has 0 fully saturated rings. The molecule has 21 heavy (non-hydrogen) atoms. The number of aromatic amines is 1. The number of hydrogen-bond acceptors (Lipinski definition) is 2. The number of hydrogen-bond donors (Lipinski definition) is 2. The zero-order valence-corrected chi connectivity index (χ0v) is 12.6. The molecule has 3 rings (SSSR count). The van der Waals surface area contributed by atoms with Crippen LogP contribution < -0.4 is 5.32 Å². The molecule has 0 bridgehead atoms. The first-order valence-corrected chi connectivity index (χ1v) is 7.44. The number of rotatable bonds is 5. The summed E-state index contributed by atoms with van der Waals surface area (Å²) in [5.41, 5.74) is 4.92. The number of aromatic nitrogens is 2. The number of fused-ring (bicyclic) bond motifs is 1. The van der Waals surface area contributed by atoms with Gasteiger partial charge in [0.05, 0.1) is 0 Å². The van der Waals surface area contributed by atoms with E-state index in [1.54, 1.807) is 0 Å². The molecule has 2 aromatic heterocycles. The molecule has 2 N–H and O–H groups in total. The highest BCUT2D eigenvalue weighted by molar-refractivity contribution is 5.79. The Kier molecular flexibility index (Phi) is 4.02. The van der Waals surface area contributed by atoms with Crippen molar-refractivity contribution in [3.8, 4) is 0 Å². The van der Waals surface area contributed by atoms with Crippen LogP contribution in [0.2, 0.25) is 0 Å². The Hall–Kier alpha value is -2.13. The summed E-state index contributed by atoms with van der Waals surface area (Å²) >= 11 is 0. The van der Waals surface area contributed by atoms with Crippen molar-refractivity contribution in [1.82, 2.24) is 15.3 Å². The van der Waals surface area contributed by atoms with E-state index in [0.717, 1.165) is 18.7 Å². The van der Waals surface area contributed by atoms with Crippen molar-refractivity contribution in [3.63, 3.8) is 0 Å². The molecule has 108 valence electrons. The van der Waals surface area contributed by atoms with E-state index in [0.29, 0.717) is 5.92 Å². The maximum atomic E-state index is 4.31. The van der Waals surface area contributed by atoms with Crippen LogP contribution in [-0.4, -0.2) is 9.97 Å². The summed E-state index contributed by atoms with van der Waals surface area (Å²) in [6, 6.07) is 12.9. The molecular formula is C18H21N3. The number of H-pyrrole nitrogens is 1. The lowest BCUT2D eigenvalue weighted by Gasteiger charge is -2.08. The van der Waals surface area contributed by atoms with Crippen molar-refractivity contribution in [2.45, 2.75) is 32.9 Å². The lowest BCUT2D eigenvalue weighted by molar-refractivity contribution is 0.696. The average Bonchev–Trinajstić information content (AvgIpc) is 2.91. The molecule has 3 nitrogen and oxygen atoms in total. The quantitative estimate of drug-likeness (QED) is 0.741. The van der Waals surface area contributed by atoms with Crippen LogP contribution in [0.25, 0.3) is 11.0 Å². The van der Waals surface area contributed by atoms with Gasteiger partial charge in [0.1, 0.15) is 5.65 Å². The van der Waals surface area contributed by atoms with E-state index in [4.69, 9.17) is 0 Å². The Morgan fingerprint density at radius 1 is 1.10 bits per heavy atom. The Balaban J connectivity index is 1.61. The summed E-state index contributed by atoms with van der Waals surface area (Å²) < 4.78 is 0. The molecule has 3 heteroatoms. The van der Waals surface area contributed by atoms with Gasteiger partial charge in [0.2, 0.25) is 0 Å². The fourth-order valence-electron chi connectivity index (χ4n) is 2.52. The van der Waals surface area contributed by atoms with Crippen molar-refractivity contribution in [2.24, 2.45) is 0 Å². The number of nitrogens with zero attached hydrogens (tertiary/aromatic N) is 1. The van der Waals surface area contributed by atoms with Crippen molar-refractivity contribution >= 4 is 11.0 Å². The van der Waals surface area contributed by atoms with Gasteiger partial charge >= 0.3 is 0 Å². The molecule has 0 atom stereocenters. The Labute approximate surface area is 125 Å². The molecule has 0 unspecified atom stereocenters. The zero-order valence-electron chi connectivity index (χ0n) is 12.6. The molecule has 0 aliphatic carbocycles. The minimum Gasteiger partial charge on any atom is -0.346 e. The van der Waals surface area contributed by atoms with E-state index in [2.05, 4.69) is 59.5 Å². The van der Waals surface area contributed by atoms with Crippen molar-refractivity contribution in [1.29, 1.82) is 0 Å². The summed E-state index contributed by atoms with van der Waals surface area (Å²) in [6.45, 7) is 6.17. The Morgan fingerprint density at radius 2 is 1.90 bits per heavy atom. The largest absolute Gasteiger partial charge is 0.346 e. The van der Waals surface area contributed by atoms with Crippen LogP contribution in [0.3, 0.4) is 0 Å². The van der Waals surface area contributed by atoms with E-state index in [9.17, 15) is 0 Å². The van der Waals surface area contributed by atoms with Gasteiger partial charge in [-0.2, -0.15) is 0 Å². The maximum absolute atomic E-state index is 4.31. The highest BCUT2D eigenvalue weighted by Gasteiger charge is 2.03. The van der Waals surface area contributed by atoms with Crippen LogP contribution in [0.5, 0.6) is 0 Å². The highest BCUT2D eigenvalue weighted by atomic mass is 14.9. The van der Waals surface area contributed by atoms with Gasteiger partial charge in [-0.3, -0.25) is 0 Å². The first kappa shape index (κ1) is 13.8. The smallest absolute Gasteiger partial charge is 0.137 e. The third kappa shape index (κ3) is 3.14.